The summed E-state index contributed by atoms with van der Waals surface area (Å²) in [4.78, 5) is 7.12. The first kappa shape index (κ1) is 11.4. The zero-order valence-electron chi connectivity index (χ0n) is 9.63. The van der Waals surface area contributed by atoms with Crippen LogP contribution < -0.4 is 11.1 Å². The lowest BCUT2D eigenvalue weighted by molar-refractivity contribution is 0.627. The number of hydrogen-bond donors (Lipinski definition) is 3. The summed E-state index contributed by atoms with van der Waals surface area (Å²) in [6.45, 7) is 2.56. The SMILES string of the molecule is Cc1nc(NCCc2ccc(F)cc2)c(N)[nH]1. The van der Waals surface area contributed by atoms with Crippen LogP contribution in [0, 0.1) is 12.7 Å². The molecule has 0 radical (unpaired) electrons. The molecule has 0 fully saturated rings. The molecule has 17 heavy (non-hydrogen) atoms. The second kappa shape index (κ2) is 4.86. The quantitative estimate of drug-likeness (QED) is 0.759. The minimum Gasteiger partial charge on any atom is -0.382 e. The normalized spacial score (nSPS) is 10.5. The van der Waals surface area contributed by atoms with Crippen molar-refractivity contribution in [3.63, 3.8) is 0 Å². The molecule has 0 unspecified atom stereocenters. The molecule has 2 rings (SSSR count). The molecule has 0 saturated carbocycles. The van der Waals surface area contributed by atoms with Gasteiger partial charge >= 0.3 is 0 Å². The van der Waals surface area contributed by atoms with Gasteiger partial charge < -0.3 is 16.0 Å². The van der Waals surface area contributed by atoms with Gasteiger partial charge in [0, 0.05) is 6.54 Å². The molecule has 1 aromatic carbocycles. The fourth-order valence-corrected chi connectivity index (χ4v) is 1.62. The number of halogens is 1. The third-order valence-electron chi connectivity index (χ3n) is 2.47. The lowest BCUT2D eigenvalue weighted by atomic mass is 10.1. The molecule has 1 aromatic heterocycles. The average Bonchev–Trinajstić information content (AvgIpc) is 2.60. The zero-order valence-corrected chi connectivity index (χ0v) is 9.63. The van der Waals surface area contributed by atoms with Crippen molar-refractivity contribution in [3.8, 4) is 0 Å². The molecule has 0 aliphatic carbocycles. The van der Waals surface area contributed by atoms with E-state index in [1.165, 1.54) is 12.1 Å². The Morgan fingerprint density at radius 3 is 2.65 bits per heavy atom. The van der Waals surface area contributed by atoms with E-state index in [0.717, 1.165) is 17.8 Å². The average molecular weight is 234 g/mol. The van der Waals surface area contributed by atoms with Gasteiger partial charge in [-0.1, -0.05) is 12.1 Å². The molecule has 4 nitrogen and oxygen atoms in total. The first-order valence-corrected chi connectivity index (χ1v) is 5.45. The van der Waals surface area contributed by atoms with Crippen molar-refractivity contribution in [1.82, 2.24) is 9.97 Å². The maximum absolute atomic E-state index is 12.7. The Morgan fingerprint density at radius 2 is 2.06 bits per heavy atom. The van der Waals surface area contributed by atoms with E-state index >= 15 is 0 Å². The van der Waals surface area contributed by atoms with E-state index in [0.29, 0.717) is 18.2 Å². The molecule has 0 aliphatic heterocycles. The third-order valence-corrected chi connectivity index (χ3v) is 2.47. The molecular weight excluding hydrogens is 219 g/mol. The van der Waals surface area contributed by atoms with Crippen LogP contribution in [0.25, 0.3) is 0 Å². The van der Waals surface area contributed by atoms with E-state index in [1.54, 1.807) is 12.1 Å². The molecule has 2 aromatic rings. The van der Waals surface area contributed by atoms with Crippen molar-refractivity contribution in [2.45, 2.75) is 13.3 Å². The molecule has 0 bridgehead atoms. The van der Waals surface area contributed by atoms with Crippen LogP contribution in [0.15, 0.2) is 24.3 Å². The van der Waals surface area contributed by atoms with Crippen molar-refractivity contribution in [3.05, 3.63) is 41.5 Å². The van der Waals surface area contributed by atoms with Gasteiger partial charge in [-0.05, 0) is 31.0 Å². The number of imidazole rings is 1. The summed E-state index contributed by atoms with van der Waals surface area (Å²) in [5.41, 5.74) is 6.78. The van der Waals surface area contributed by atoms with Crippen molar-refractivity contribution in [1.29, 1.82) is 0 Å². The number of anilines is 2. The highest BCUT2D eigenvalue weighted by Gasteiger charge is 2.03. The molecule has 90 valence electrons. The predicted molar refractivity (Wildman–Crippen MR) is 66.3 cm³/mol. The number of aromatic amines is 1. The van der Waals surface area contributed by atoms with Crippen LogP contribution in [-0.2, 0) is 6.42 Å². The van der Waals surface area contributed by atoms with Crippen LogP contribution in [0.1, 0.15) is 11.4 Å². The number of aromatic nitrogens is 2. The van der Waals surface area contributed by atoms with Gasteiger partial charge in [-0.25, -0.2) is 9.37 Å². The Labute approximate surface area is 99.1 Å². The largest absolute Gasteiger partial charge is 0.382 e. The fourth-order valence-electron chi connectivity index (χ4n) is 1.62. The summed E-state index contributed by atoms with van der Waals surface area (Å²) in [6, 6.07) is 6.47. The molecule has 4 N–H and O–H groups in total. The van der Waals surface area contributed by atoms with Crippen LogP contribution in [0.3, 0.4) is 0 Å². The number of rotatable bonds is 4. The summed E-state index contributed by atoms with van der Waals surface area (Å²) < 4.78 is 12.7. The summed E-state index contributed by atoms with van der Waals surface area (Å²) in [6.07, 6.45) is 0.797. The smallest absolute Gasteiger partial charge is 0.168 e. The lowest BCUT2D eigenvalue weighted by Crippen LogP contribution is -2.06. The number of nitrogens with one attached hydrogen (secondary N) is 2. The fraction of sp³-hybridized carbons (Fsp3) is 0.250. The van der Waals surface area contributed by atoms with Crippen molar-refractivity contribution < 1.29 is 4.39 Å². The van der Waals surface area contributed by atoms with Crippen LogP contribution in [0.5, 0.6) is 0 Å². The van der Waals surface area contributed by atoms with Crippen LogP contribution in [-0.4, -0.2) is 16.5 Å². The van der Waals surface area contributed by atoms with Gasteiger partial charge in [0.15, 0.2) is 5.82 Å². The molecule has 0 atom stereocenters. The number of nitrogens with two attached hydrogens (primary N) is 1. The summed E-state index contributed by atoms with van der Waals surface area (Å²) >= 11 is 0. The second-order valence-corrected chi connectivity index (χ2v) is 3.89. The predicted octanol–water partition coefficient (Wildman–Crippen LogP) is 2.09. The van der Waals surface area contributed by atoms with Crippen LogP contribution in [0.2, 0.25) is 0 Å². The molecule has 0 spiro atoms. The Bertz CT molecular complexity index is 490. The van der Waals surface area contributed by atoms with Gasteiger partial charge in [0.25, 0.3) is 0 Å². The van der Waals surface area contributed by atoms with Crippen LogP contribution >= 0.6 is 0 Å². The highest BCUT2D eigenvalue weighted by molar-refractivity contribution is 5.56. The zero-order chi connectivity index (χ0) is 12.3. The van der Waals surface area contributed by atoms with Gasteiger partial charge in [-0.3, -0.25) is 0 Å². The Kier molecular flexibility index (Phi) is 3.27. The molecule has 0 aliphatic rings. The monoisotopic (exact) mass is 234 g/mol. The van der Waals surface area contributed by atoms with Gasteiger partial charge in [-0.15, -0.1) is 0 Å². The van der Waals surface area contributed by atoms with Crippen LogP contribution in [0.4, 0.5) is 16.0 Å². The Hall–Kier alpha value is -2.04. The standard InChI is InChI=1S/C12H15FN4/c1-8-16-11(14)12(17-8)15-7-6-9-2-4-10(13)5-3-9/h2-5,15H,6-7,14H2,1H3,(H,16,17). The summed E-state index contributed by atoms with van der Waals surface area (Å²) in [5, 5.41) is 3.14. The first-order chi connectivity index (χ1) is 8.15. The van der Waals surface area contributed by atoms with Gasteiger partial charge in [-0.2, -0.15) is 0 Å². The number of hydrogen-bond acceptors (Lipinski definition) is 3. The second-order valence-electron chi connectivity index (χ2n) is 3.89. The van der Waals surface area contributed by atoms with E-state index in [9.17, 15) is 4.39 Å². The lowest BCUT2D eigenvalue weighted by Gasteiger charge is -2.04. The van der Waals surface area contributed by atoms with E-state index in [2.05, 4.69) is 15.3 Å². The third kappa shape index (κ3) is 2.96. The molecule has 5 heteroatoms. The van der Waals surface area contributed by atoms with Crippen molar-refractivity contribution in [2.75, 3.05) is 17.6 Å². The Balaban J connectivity index is 1.87. The maximum atomic E-state index is 12.7. The molecular formula is C12H15FN4. The topological polar surface area (TPSA) is 66.7 Å². The number of benzene rings is 1. The number of H-pyrrole nitrogens is 1. The Morgan fingerprint density at radius 1 is 1.35 bits per heavy atom. The highest BCUT2D eigenvalue weighted by Crippen LogP contribution is 2.13. The van der Waals surface area contributed by atoms with Gasteiger partial charge in [0.05, 0.1) is 0 Å². The van der Waals surface area contributed by atoms with E-state index in [-0.39, 0.29) is 5.82 Å². The summed E-state index contributed by atoms with van der Waals surface area (Å²) in [5.74, 6) is 1.78. The highest BCUT2D eigenvalue weighted by atomic mass is 19.1. The number of nitrogen functional groups attached to an aromatic ring is 1. The number of aryl methyl sites for hydroxylation is 1. The molecule has 0 saturated heterocycles. The first-order valence-electron chi connectivity index (χ1n) is 5.45. The molecule has 0 amide bonds. The van der Waals surface area contributed by atoms with Crippen molar-refractivity contribution in [2.24, 2.45) is 0 Å². The van der Waals surface area contributed by atoms with Gasteiger partial charge in [0.2, 0.25) is 0 Å². The summed E-state index contributed by atoms with van der Waals surface area (Å²) in [7, 11) is 0. The van der Waals surface area contributed by atoms with E-state index in [4.69, 9.17) is 5.73 Å². The maximum Gasteiger partial charge on any atom is 0.168 e. The van der Waals surface area contributed by atoms with E-state index < -0.39 is 0 Å². The molecule has 1 heterocycles. The minimum atomic E-state index is -0.214. The van der Waals surface area contributed by atoms with Gasteiger partial charge in [0.1, 0.15) is 17.5 Å². The van der Waals surface area contributed by atoms with E-state index in [1.807, 2.05) is 6.92 Å². The minimum absolute atomic E-state index is 0.214. The van der Waals surface area contributed by atoms with Crippen molar-refractivity contribution >= 4 is 11.6 Å². The number of nitrogens with zero attached hydrogens (tertiary/aromatic N) is 1.